The van der Waals surface area contributed by atoms with Crippen molar-refractivity contribution < 1.29 is 9.90 Å². The zero-order valence-corrected chi connectivity index (χ0v) is 14.4. The quantitative estimate of drug-likeness (QED) is 0.884. The number of aliphatic hydroxyl groups excluding tert-OH is 1. The highest BCUT2D eigenvalue weighted by molar-refractivity contribution is 7.12. The number of aromatic nitrogens is 2. The molecular formula is C17H23N3O2S. The highest BCUT2D eigenvalue weighted by Gasteiger charge is 2.24. The van der Waals surface area contributed by atoms with Gasteiger partial charge in [-0.2, -0.15) is 0 Å². The lowest BCUT2D eigenvalue weighted by molar-refractivity contribution is 0.0840. The van der Waals surface area contributed by atoms with E-state index >= 15 is 0 Å². The van der Waals surface area contributed by atoms with Crippen LogP contribution in [0.2, 0.25) is 0 Å². The maximum atomic E-state index is 12.5. The van der Waals surface area contributed by atoms with Gasteiger partial charge in [-0.05, 0) is 38.7 Å². The monoisotopic (exact) mass is 333 g/mol. The average molecular weight is 333 g/mol. The summed E-state index contributed by atoms with van der Waals surface area (Å²) >= 11 is 1.54. The van der Waals surface area contributed by atoms with E-state index in [0.29, 0.717) is 18.0 Å². The van der Waals surface area contributed by atoms with E-state index in [-0.39, 0.29) is 5.91 Å². The summed E-state index contributed by atoms with van der Waals surface area (Å²) in [6.45, 7) is 4.22. The largest absolute Gasteiger partial charge is 0.391 e. The molecule has 1 unspecified atom stereocenters. The molecule has 0 spiro atoms. The highest BCUT2D eigenvalue weighted by atomic mass is 32.1. The van der Waals surface area contributed by atoms with Gasteiger partial charge >= 0.3 is 0 Å². The van der Waals surface area contributed by atoms with Crippen molar-refractivity contribution in [2.75, 3.05) is 6.54 Å². The van der Waals surface area contributed by atoms with E-state index in [1.54, 1.807) is 17.5 Å². The van der Waals surface area contributed by atoms with E-state index in [0.717, 1.165) is 29.4 Å². The van der Waals surface area contributed by atoms with Crippen LogP contribution >= 0.6 is 11.3 Å². The second kappa shape index (κ2) is 6.84. The second-order valence-corrected chi connectivity index (χ2v) is 7.13. The van der Waals surface area contributed by atoms with E-state index in [9.17, 15) is 9.90 Å². The molecule has 3 rings (SSSR count). The fraction of sp³-hybridized carbons (Fsp3) is 0.529. The van der Waals surface area contributed by atoms with Gasteiger partial charge in [0.1, 0.15) is 0 Å². The average Bonchev–Trinajstić information content (AvgIpc) is 3.25. The molecule has 23 heavy (non-hydrogen) atoms. The van der Waals surface area contributed by atoms with Crippen molar-refractivity contribution in [1.82, 2.24) is 14.9 Å². The van der Waals surface area contributed by atoms with Crippen molar-refractivity contribution in [3.63, 3.8) is 0 Å². The first-order chi connectivity index (χ1) is 11.1. The maximum Gasteiger partial charge on any atom is 0.253 e. The summed E-state index contributed by atoms with van der Waals surface area (Å²) in [5.74, 6) is 0.205. The third kappa shape index (κ3) is 3.33. The van der Waals surface area contributed by atoms with Crippen molar-refractivity contribution in [2.24, 2.45) is 5.92 Å². The third-order valence-corrected chi connectivity index (χ3v) is 5.46. The summed E-state index contributed by atoms with van der Waals surface area (Å²) in [5.41, 5.74) is 2.51. The van der Waals surface area contributed by atoms with E-state index < -0.39 is 6.10 Å². The Morgan fingerprint density at radius 1 is 1.48 bits per heavy atom. The number of rotatable bonds is 5. The summed E-state index contributed by atoms with van der Waals surface area (Å²) in [7, 11) is 0. The van der Waals surface area contributed by atoms with Gasteiger partial charge in [0.15, 0.2) is 5.13 Å². The van der Waals surface area contributed by atoms with Gasteiger partial charge in [-0.3, -0.25) is 9.36 Å². The van der Waals surface area contributed by atoms with Crippen molar-refractivity contribution >= 4 is 17.2 Å². The number of hydrogen-bond donors (Lipinski definition) is 2. The molecule has 2 heterocycles. The molecule has 1 aliphatic rings. The standard InChI is InChI=1S/C17H23N3O2S/c1-11-9-14(12(2)20(11)17-18-7-8-23-17)16(22)19-10-15(21)13-5-3-4-6-13/h7-9,13,15,21H,3-6,10H2,1-2H3,(H,19,22). The first-order valence-corrected chi connectivity index (χ1v) is 9.01. The minimum absolute atomic E-state index is 0.127. The Morgan fingerprint density at radius 2 is 2.22 bits per heavy atom. The lowest BCUT2D eigenvalue weighted by Crippen LogP contribution is -2.35. The first kappa shape index (κ1) is 16.2. The lowest BCUT2D eigenvalue weighted by Gasteiger charge is -2.18. The fourth-order valence-electron chi connectivity index (χ4n) is 3.41. The molecule has 2 aromatic heterocycles. The minimum Gasteiger partial charge on any atom is -0.391 e. The number of amides is 1. The molecular weight excluding hydrogens is 310 g/mol. The SMILES string of the molecule is Cc1cc(C(=O)NCC(O)C2CCCC2)c(C)n1-c1nccs1. The maximum absolute atomic E-state index is 12.5. The summed E-state index contributed by atoms with van der Waals surface area (Å²) in [6.07, 6.45) is 5.82. The van der Waals surface area contributed by atoms with E-state index in [4.69, 9.17) is 0 Å². The number of carbonyl (C=O) groups is 1. The van der Waals surface area contributed by atoms with Gasteiger partial charge in [0, 0.05) is 29.5 Å². The third-order valence-electron chi connectivity index (χ3n) is 4.70. The van der Waals surface area contributed by atoms with E-state index in [2.05, 4.69) is 10.3 Å². The van der Waals surface area contributed by atoms with Crippen molar-refractivity contribution in [3.8, 4) is 5.13 Å². The Balaban J connectivity index is 1.69. The number of aliphatic hydroxyl groups is 1. The number of nitrogens with one attached hydrogen (secondary N) is 1. The molecule has 1 atom stereocenters. The summed E-state index contributed by atoms with van der Waals surface area (Å²) in [6, 6.07) is 1.88. The normalized spacial score (nSPS) is 16.7. The van der Waals surface area contributed by atoms with Crippen LogP contribution in [0.3, 0.4) is 0 Å². The Hall–Kier alpha value is -1.66. The summed E-state index contributed by atoms with van der Waals surface area (Å²) < 4.78 is 1.99. The fourth-order valence-corrected chi connectivity index (χ4v) is 4.17. The molecule has 6 heteroatoms. The van der Waals surface area contributed by atoms with Crippen molar-refractivity contribution in [2.45, 2.75) is 45.6 Å². The summed E-state index contributed by atoms with van der Waals surface area (Å²) in [5, 5.41) is 15.9. The van der Waals surface area contributed by atoms with Crippen molar-refractivity contribution in [1.29, 1.82) is 0 Å². The number of hydrogen-bond acceptors (Lipinski definition) is 4. The highest BCUT2D eigenvalue weighted by Crippen LogP contribution is 2.27. The Bertz CT molecular complexity index is 672. The topological polar surface area (TPSA) is 67.2 Å². The molecule has 0 saturated heterocycles. The minimum atomic E-state index is -0.441. The predicted molar refractivity (Wildman–Crippen MR) is 91.2 cm³/mol. The van der Waals surface area contributed by atoms with Gasteiger partial charge in [-0.1, -0.05) is 12.8 Å². The second-order valence-electron chi connectivity index (χ2n) is 6.26. The first-order valence-electron chi connectivity index (χ1n) is 8.13. The molecule has 0 aliphatic heterocycles. The van der Waals surface area contributed by atoms with Gasteiger partial charge in [0.2, 0.25) is 0 Å². The number of carbonyl (C=O) groups excluding carboxylic acids is 1. The van der Waals surface area contributed by atoms with E-state index in [1.165, 1.54) is 12.8 Å². The molecule has 5 nitrogen and oxygen atoms in total. The van der Waals surface area contributed by atoms with Gasteiger partial charge in [0.25, 0.3) is 5.91 Å². The van der Waals surface area contributed by atoms with Crippen LogP contribution in [0.5, 0.6) is 0 Å². The van der Waals surface area contributed by atoms with Gasteiger partial charge in [0.05, 0.1) is 11.7 Å². The summed E-state index contributed by atoms with van der Waals surface area (Å²) in [4.78, 5) is 16.8. The molecule has 0 radical (unpaired) electrons. The van der Waals surface area contributed by atoms with Crippen LogP contribution < -0.4 is 5.32 Å². The molecule has 1 aliphatic carbocycles. The van der Waals surface area contributed by atoms with Crippen molar-refractivity contribution in [3.05, 3.63) is 34.6 Å². The molecule has 1 fully saturated rings. The van der Waals surface area contributed by atoms with Gasteiger partial charge < -0.3 is 10.4 Å². The lowest BCUT2D eigenvalue weighted by atomic mass is 10.0. The van der Waals surface area contributed by atoms with Crippen LogP contribution in [0.1, 0.15) is 47.4 Å². The molecule has 1 saturated carbocycles. The molecule has 0 bridgehead atoms. The number of nitrogens with zero attached hydrogens (tertiary/aromatic N) is 2. The van der Waals surface area contributed by atoms with Crippen LogP contribution in [0.4, 0.5) is 0 Å². The number of thiazole rings is 1. The smallest absolute Gasteiger partial charge is 0.253 e. The molecule has 0 aromatic carbocycles. The Morgan fingerprint density at radius 3 is 2.87 bits per heavy atom. The Labute approximate surface area is 140 Å². The van der Waals surface area contributed by atoms with Crippen LogP contribution in [-0.4, -0.2) is 33.2 Å². The molecule has 1 amide bonds. The van der Waals surface area contributed by atoms with Crippen LogP contribution in [0, 0.1) is 19.8 Å². The zero-order chi connectivity index (χ0) is 16.4. The zero-order valence-electron chi connectivity index (χ0n) is 13.6. The molecule has 2 N–H and O–H groups in total. The number of aryl methyl sites for hydroxylation is 1. The van der Waals surface area contributed by atoms with Gasteiger partial charge in [-0.15, -0.1) is 11.3 Å². The van der Waals surface area contributed by atoms with Crippen LogP contribution in [0.15, 0.2) is 17.6 Å². The van der Waals surface area contributed by atoms with Crippen LogP contribution in [0.25, 0.3) is 5.13 Å². The van der Waals surface area contributed by atoms with Gasteiger partial charge in [-0.25, -0.2) is 4.98 Å². The molecule has 124 valence electrons. The molecule has 2 aromatic rings. The van der Waals surface area contributed by atoms with E-state index in [1.807, 2.05) is 29.9 Å². The Kier molecular flexibility index (Phi) is 4.82. The predicted octanol–water partition coefficient (Wildman–Crippen LogP) is 2.83. The van der Waals surface area contributed by atoms with Crippen LogP contribution in [-0.2, 0) is 0 Å².